The molecule has 1 aliphatic rings. The van der Waals surface area contributed by atoms with Gasteiger partial charge in [0.15, 0.2) is 0 Å². The largest absolute Gasteiger partial charge is 0.507 e. The SMILES string of the molecule is COc1ccc(/C(O)=C2\C(=O)C(=O)N(CCCn3ccnc3)[C@H]2c2ccc(F)cc2)cc1Cl. The van der Waals surface area contributed by atoms with E-state index in [-0.39, 0.29) is 28.5 Å². The molecule has 33 heavy (non-hydrogen) atoms. The highest BCUT2D eigenvalue weighted by Gasteiger charge is 2.45. The van der Waals surface area contributed by atoms with Crippen molar-refractivity contribution in [1.29, 1.82) is 0 Å². The Morgan fingerprint density at radius 2 is 1.94 bits per heavy atom. The minimum atomic E-state index is -0.866. The number of amides is 1. The van der Waals surface area contributed by atoms with E-state index in [1.165, 1.54) is 42.3 Å². The van der Waals surface area contributed by atoms with E-state index in [1.54, 1.807) is 30.9 Å². The number of imidazole rings is 1. The molecule has 1 saturated heterocycles. The highest BCUT2D eigenvalue weighted by molar-refractivity contribution is 6.46. The number of likely N-dealkylation sites (tertiary alicyclic amines) is 1. The number of halogens is 2. The molecule has 1 fully saturated rings. The van der Waals surface area contributed by atoms with Gasteiger partial charge in [-0.2, -0.15) is 0 Å². The number of ketones is 1. The number of hydrogen-bond donors (Lipinski definition) is 1. The molecule has 0 saturated carbocycles. The number of nitrogens with zero attached hydrogens (tertiary/aromatic N) is 3. The second-order valence-corrected chi connectivity index (χ2v) is 7.95. The van der Waals surface area contributed by atoms with Crippen molar-refractivity contribution in [2.24, 2.45) is 0 Å². The van der Waals surface area contributed by atoms with Gasteiger partial charge in [0.25, 0.3) is 11.7 Å². The molecule has 1 atom stereocenters. The van der Waals surface area contributed by atoms with Gasteiger partial charge in [-0.15, -0.1) is 0 Å². The van der Waals surface area contributed by atoms with E-state index in [1.807, 2.05) is 4.57 Å². The summed E-state index contributed by atoms with van der Waals surface area (Å²) < 4.78 is 20.6. The maximum Gasteiger partial charge on any atom is 0.295 e. The lowest BCUT2D eigenvalue weighted by atomic mass is 9.95. The lowest BCUT2D eigenvalue weighted by Gasteiger charge is -2.25. The molecule has 1 N–H and O–H groups in total. The van der Waals surface area contributed by atoms with Gasteiger partial charge < -0.3 is 19.3 Å². The fraction of sp³-hybridized carbons (Fsp3) is 0.208. The van der Waals surface area contributed by atoms with Gasteiger partial charge in [-0.1, -0.05) is 23.7 Å². The van der Waals surface area contributed by atoms with Crippen LogP contribution in [0, 0.1) is 5.82 Å². The zero-order valence-electron chi connectivity index (χ0n) is 17.7. The molecule has 7 nitrogen and oxygen atoms in total. The van der Waals surface area contributed by atoms with Gasteiger partial charge in [-0.3, -0.25) is 9.59 Å². The van der Waals surface area contributed by atoms with E-state index in [0.29, 0.717) is 24.3 Å². The van der Waals surface area contributed by atoms with Crippen LogP contribution >= 0.6 is 11.6 Å². The lowest BCUT2D eigenvalue weighted by Crippen LogP contribution is -2.31. The summed E-state index contributed by atoms with van der Waals surface area (Å²) in [4.78, 5) is 31.4. The predicted octanol–water partition coefficient (Wildman–Crippen LogP) is 4.20. The van der Waals surface area contributed by atoms with Crippen molar-refractivity contribution in [2.75, 3.05) is 13.7 Å². The van der Waals surface area contributed by atoms with Crippen LogP contribution in [0.4, 0.5) is 4.39 Å². The van der Waals surface area contributed by atoms with Gasteiger partial charge in [0.05, 0.1) is 30.1 Å². The summed E-state index contributed by atoms with van der Waals surface area (Å²) in [6.07, 6.45) is 5.68. The molecule has 4 rings (SSSR count). The van der Waals surface area contributed by atoms with Crippen LogP contribution < -0.4 is 4.74 Å². The number of carbonyl (C=O) groups is 2. The Hall–Kier alpha value is -3.65. The zero-order valence-corrected chi connectivity index (χ0v) is 18.5. The molecule has 0 radical (unpaired) electrons. The van der Waals surface area contributed by atoms with Crippen LogP contribution in [0.5, 0.6) is 5.75 Å². The molecule has 0 aliphatic carbocycles. The highest BCUT2D eigenvalue weighted by atomic mass is 35.5. The first-order valence-corrected chi connectivity index (χ1v) is 10.6. The molecular weight excluding hydrogens is 449 g/mol. The summed E-state index contributed by atoms with van der Waals surface area (Å²) in [6.45, 7) is 0.845. The van der Waals surface area contributed by atoms with Gasteiger partial charge in [-0.25, -0.2) is 9.37 Å². The predicted molar refractivity (Wildman–Crippen MR) is 120 cm³/mol. The van der Waals surface area contributed by atoms with E-state index < -0.39 is 23.5 Å². The molecule has 2 heterocycles. The van der Waals surface area contributed by atoms with E-state index in [2.05, 4.69) is 4.98 Å². The normalized spacial score (nSPS) is 17.5. The fourth-order valence-corrected chi connectivity index (χ4v) is 4.17. The standard InChI is InChI=1S/C24H21ClFN3O4/c1-33-19-8-5-16(13-18(19)25)22(30)20-21(15-3-6-17(26)7-4-15)29(24(32)23(20)31)11-2-10-28-12-9-27-14-28/h3-9,12-14,21,30H,2,10-11H2,1H3/b22-20+/t21-/m0/s1. The topological polar surface area (TPSA) is 84.7 Å². The van der Waals surface area contributed by atoms with Gasteiger partial charge in [-0.05, 0) is 42.3 Å². The first kappa shape index (κ1) is 22.5. The van der Waals surface area contributed by atoms with Crippen LogP contribution in [0.3, 0.4) is 0 Å². The third-order valence-corrected chi connectivity index (χ3v) is 5.82. The number of benzene rings is 2. The van der Waals surface area contributed by atoms with Crippen LogP contribution in [0.15, 0.2) is 66.8 Å². The number of aryl methyl sites for hydroxylation is 1. The molecule has 0 spiro atoms. The summed E-state index contributed by atoms with van der Waals surface area (Å²) in [6, 6.07) is 9.22. The summed E-state index contributed by atoms with van der Waals surface area (Å²) in [5, 5.41) is 11.3. The third-order valence-electron chi connectivity index (χ3n) is 5.53. The number of carbonyl (C=O) groups excluding carboxylic acids is 2. The smallest absolute Gasteiger partial charge is 0.295 e. The monoisotopic (exact) mass is 469 g/mol. The van der Waals surface area contributed by atoms with E-state index >= 15 is 0 Å². The minimum absolute atomic E-state index is 0.0736. The summed E-state index contributed by atoms with van der Waals surface area (Å²) in [7, 11) is 1.46. The average Bonchev–Trinajstić information content (AvgIpc) is 3.41. The van der Waals surface area contributed by atoms with Crippen molar-refractivity contribution < 1.29 is 23.8 Å². The molecule has 9 heteroatoms. The number of hydrogen-bond acceptors (Lipinski definition) is 5. The Labute approximate surface area is 194 Å². The average molecular weight is 470 g/mol. The van der Waals surface area contributed by atoms with Crippen LogP contribution in [0.2, 0.25) is 5.02 Å². The highest BCUT2D eigenvalue weighted by Crippen LogP contribution is 2.40. The molecular formula is C24H21ClFN3O4. The third kappa shape index (κ3) is 4.47. The Bertz CT molecular complexity index is 1210. The van der Waals surface area contributed by atoms with Crippen molar-refractivity contribution in [3.63, 3.8) is 0 Å². The first-order valence-electron chi connectivity index (χ1n) is 10.2. The minimum Gasteiger partial charge on any atom is -0.507 e. The number of rotatable bonds is 7. The molecule has 1 aromatic heterocycles. The Morgan fingerprint density at radius 1 is 1.18 bits per heavy atom. The summed E-state index contributed by atoms with van der Waals surface area (Å²) >= 11 is 6.19. The molecule has 1 aliphatic heterocycles. The quantitative estimate of drug-likeness (QED) is 0.318. The maximum absolute atomic E-state index is 13.6. The van der Waals surface area contributed by atoms with E-state index in [9.17, 15) is 19.1 Å². The van der Waals surface area contributed by atoms with E-state index in [4.69, 9.17) is 16.3 Å². The molecule has 0 bridgehead atoms. The van der Waals surface area contributed by atoms with Crippen molar-refractivity contribution in [1.82, 2.24) is 14.5 Å². The summed E-state index contributed by atoms with van der Waals surface area (Å²) in [5.41, 5.74) is 0.708. The Morgan fingerprint density at radius 3 is 2.58 bits per heavy atom. The van der Waals surface area contributed by atoms with E-state index in [0.717, 1.165) is 0 Å². The zero-order chi connectivity index (χ0) is 23.5. The lowest BCUT2D eigenvalue weighted by molar-refractivity contribution is -0.139. The number of aliphatic hydroxyl groups excluding tert-OH is 1. The van der Waals surface area contributed by atoms with Crippen LogP contribution in [0.1, 0.15) is 23.6 Å². The number of aliphatic hydroxyl groups is 1. The van der Waals surface area contributed by atoms with Crippen molar-refractivity contribution in [2.45, 2.75) is 19.0 Å². The Kier molecular flexibility index (Phi) is 6.46. The second kappa shape index (κ2) is 9.46. The van der Waals surface area contributed by atoms with Gasteiger partial charge in [0.1, 0.15) is 17.3 Å². The van der Waals surface area contributed by atoms with Crippen LogP contribution in [-0.4, -0.2) is 44.9 Å². The number of aromatic nitrogens is 2. The summed E-state index contributed by atoms with van der Waals surface area (Å²) in [5.74, 6) is -1.93. The van der Waals surface area contributed by atoms with Crippen LogP contribution in [-0.2, 0) is 16.1 Å². The molecule has 2 aromatic carbocycles. The molecule has 170 valence electrons. The number of ether oxygens (including phenoxy) is 1. The molecule has 1 amide bonds. The Balaban J connectivity index is 1.74. The van der Waals surface area contributed by atoms with Gasteiger partial charge in [0.2, 0.25) is 0 Å². The van der Waals surface area contributed by atoms with Crippen molar-refractivity contribution >= 4 is 29.1 Å². The van der Waals surface area contributed by atoms with Crippen LogP contribution in [0.25, 0.3) is 5.76 Å². The van der Waals surface area contributed by atoms with Crippen molar-refractivity contribution in [3.05, 3.63) is 88.7 Å². The maximum atomic E-state index is 13.6. The first-order chi connectivity index (χ1) is 15.9. The number of methoxy groups -OCH3 is 1. The van der Waals surface area contributed by atoms with Gasteiger partial charge in [0, 0.05) is 31.0 Å². The van der Waals surface area contributed by atoms with Gasteiger partial charge >= 0.3 is 0 Å². The second-order valence-electron chi connectivity index (χ2n) is 7.55. The molecule has 0 unspecified atom stereocenters. The fourth-order valence-electron chi connectivity index (χ4n) is 3.91. The molecule has 3 aromatic rings. The number of Topliss-reactive ketones (excluding diaryl/α,β-unsaturated/α-hetero) is 1. The van der Waals surface area contributed by atoms with Crippen molar-refractivity contribution in [3.8, 4) is 5.75 Å².